The predicted octanol–water partition coefficient (Wildman–Crippen LogP) is 1.75. The standard InChI is InChI=1S/C10H17F3N2OS/c1-9(2-4-14-5-3-9)7-15-8(16)6-17-10(11,12)13/h14H,2-7H2,1H3,(H,15,16). The van der Waals surface area contributed by atoms with E-state index in [4.69, 9.17) is 0 Å². The first kappa shape index (κ1) is 14.6. The lowest BCUT2D eigenvalue weighted by atomic mass is 9.81. The van der Waals surface area contributed by atoms with Crippen LogP contribution >= 0.6 is 11.8 Å². The van der Waals surface area contributed by atoms with E-state index < -0.39 is 17.2 Å². The zero-order valence-electron chi connectivity index (χ0n) is 9.69. The molecular weight excluding hydrogens is 253 g/mol. The molecule has 0 atom stereocenters. The lowest BCUT2D eigenvalue weighted by molar-refractivity contribution is -0.119. The number of piperidine rings is 1. The van der Waals surface area contributed by atoms with E-state index in [0.29, 0.717) is 6.54 Å². The highest BCUT2D eigenvalue weighted by atomic mass is 32.2. The molecule has 0 aromatic rings. The van der Waals surface area contributed by atoms with Crippen molar-refractivity contribution in [3.8, 4) is 0 Å². The third-order valence-corrected chi connectivity index (χ3v) is 3.62. The number of carbonyl (C=O) groups excluding carboxylic acids is 1. The summed E-state index contributed by atoms with van der Waals surface area (Å²) in [4.78, 5) is 11.2. The Morgan fingerprint density at radius 2 is 2.00 bits per heavy atom. The highest BCUT2D eigenvalue weighted by Crippen LogP contribution is 2.30. The fourth-order valence-corrected chi connectivity index (χ4v) is 2.11. The first-order chi connectivity index (χ1) is 7.81. The van der Waals surface area contributed by atoms with E-state index in [1.54, 1.807) is 0 Å². The van der Waals surface area contributed by atoms with Gasteiger partial charge in [-0.2, -0.15) is 13.2 Å². The van der Waals surface area contributed by atoms with Crippen molar-refractivity contribution in [1.29, 1.82) is 0 Å². The summed E-state index contributed by atoms with van der Waals surface area (Å²) in [6.07, 6.45) is 1.86. The van der Waals surface area contributed by atoms with Gasteiger partial charge in [-0.15, -0.1) is 0 Å². The maximum Gasteiger partial charge on any atom is 0.442 e. The molecule has 0 bridgehead atoms. The van der Waals surface area contributed by atoms with Gasteiger partial charge in [0, 0.05) is 6.54 Å². The number of nitrogens with one attached hydrogen (secondary N) is 2. The fourth-order valence-electron chi connectivity index (χ4n) is 1.72. The zero-order chi connectivity index (χ0) is 12.9. The number of thioether (sulfide) groups is 1. The van der Waals surface area contributed by atoms with Gasteiger partial charge in [-0.05, 0) is 43.1 Å². The van der Waals surface area contributed by atoms with Crippen molar-refractivity contribution in [3.05, 3.63) is 0 Å². The summed E-state index contributed by atoms with van der Waals surface area (Å²) in [5, 5.41) is 5.78. The number of amides is 1. The quantitative estimate of drug-likeness (QED) is 0.817. The SMILES string of the molecule is CC1(CNC(=O)CSC(F)(F)F)CCNCC1. The molecule has 1 saturated heterocycles. The van der Waals surface area contributed by atoms with Crippen LogP contribution in [-0.2, 0) is 4.79 Å². The second kappa shape index (κ2) is 5.95. The van der Waals surface area contributed by atoms with Gasteiger partial charge in [0.25, 0.3) is 0 Å². The Hall–Kier alpha value is -0.430. The van der Waals surface area contributed by atoms with Gasteiger partial charge >= 0.3 is 5.51 Å². The molecule has 0 aromatic carbocycles. The molecule has 0 saturated carbocycles. The van der Waals surface area contributed by atoms with Crippen molar-refractivity contribution in [2.24, 2.45) is 5.41 Å². The Labute approximate surface area is 103 Å². The van der Waals surface area contributed by atoms with Crippen LogP contribution in [0.5, 0.6) is 0 Å². The Morgan fingerprint density at radius 3 is 2.53 bits per heavy atom. The fraction of sp³-hybridized carbons (Fsp3) is 0.900. The van der Waals surface area contributed by atoms with Crippen LogP contribution in [0.15, 0.2) is 0 Å². The minimum atomic E-state index is -4.34. The molecule has 0 aliphatic carbocycles. The van der Waals surface area contributed by atoms with Gasteiger partial charge in [-0.3, -0.25) is 4.79 Å². The van der Waals surface area contributed by atoms with E-state index in [0.717, 1.165) is 25.9 Å². The number of hydrogen-bond acceptors (Lipinski definition) is 3. The van der Waals surface area contributed by atoms with Crippen LogP contribution in [0, 0.1) is 5.41 Å². The van der Waals surface area contributed by atoms with Crippen molar-refractivity contribution in [1.82, 2.24) is 10.6 Å². The van der Waals surface area contributed by atoms with E-state index in [-0.39, 0.29) is 17.2 Å². The van der Waals surface area contributed by atoms with E-state index in [1.807, 2.05) is 6.92 Å². The van der Waals surface area contributed by atoms with Crippen molar-refractivity contribution in [2.45, 2.75) is 25.3 Å². The van der Waals surface area contributed by atoms with E-state index in [1.165, 1.54) is 0 Å². The normalized spacial score (nSPS) is 20.0. The van der Waals surface area contributed by atoms with Crippen LogP contribution < -0.4 is 10.6 Å². The summed E-state index contributed by atoms with van der Waals surface area (Å²) >= 11 is -0.297. The van der Waals surface area contributed by atoms with Crippen molar-refractivity contribution in [2.75, 3.05) is 25.4 Å². The Bertz CT molecular complexity index is 265. The molecule has 0 radical (unpaired) electrons. The first-order valence-electron chi connectivity index (χ1n) is 5.49. The Kier molecular flexibility index (Phi) is 5.12. The lowest BCUT2D eigenvalue weighted by Crippen LogP contribution is -2.43. The predicted molar refractivity (Wildman–Crippen MR) is 61.7 cm³/mol. The summed E-state index contributed by atoms with van der Waals surface area (Å²) in [7, 11) is 0. The largest absolute Gasteiger partial charge is 0.442 e. The third kappa shape index (κ3) is 6.16. The topological polar surface area (TPSA) is 41.1 Å². The van der Waals surface area contributed by atoms with Crippen molar-refractivity contribution in [3.63, 3.8) is 0 Å². The molecule has 0 unspecified atom stereocenters. The maximum atomic E-state index is 11.9. The van der Waals surface area contributed by atoms with Crippen LogP contribution in [0.25, 0.3) is 0 Å². The number of halogens is 3. The van der Waals surface area contributed by atoms with Gasteiger partial charge in [-0.1, -0.05) is 6.92 Å². The molecule has 1 rings (SSSR count). The van der Waals surface area contributed by atoms with Crippen LogP contribution in [-0.4, -0.2) is 36.8 Å². The molecule has 0 spiro atoms. The molecule has 2 N–H and O–H groups in total. The molecule has 1 aliphatic heterocycles. The summed E-state index contributed by atoms with van der Waals surface area (Å²) in [5.74, 6) is -1.11. The molecule has 0 aromatic heterocycles. The van der Waals surface area contributed by atoms with E-state index in [2.05, 4.69) is 10.6 Å². The lowest BCUT2D eigenvalue weighted by Gasteiger charge is -2.34. The summed E-state index contributed by atoms with van der Waals surface area (Å²) in [5.41, 5.74) is -4.33. The number of hydrogen-bond donors (Lipinski definition) is 2. The van der Waals surface area contributed by atoms with Gasteiger partial charge in [0.2, 0.25) is 5.91 Å². The number of carbonyl (C=O) groups is 1. The minimum absolute atomic E-state index is 0.00378. The van der Waals surface area contributed by atoms with Gasteiger partial charge in [-0.25, -0.2) is 0 Å². The molecule has 3 nitrogen and oxygen atoms in total. The maximum absolute atomic E-state index is 11.9. The highest BCUT2D eigenvalue weighted by Gasteiger charge is 2.30. The van der Waals surface area contributed by atoms with Gasteiger partial charge < -0.3 is 10.6 Å². The Balaban J connectivity index is 2.23. The smallest absolute Gasteiger partial charge is 0.355 e. The molecule has 1 fully saturated rings. The summed E-state index contributed by atoms with van der Waals surface area (Å²) < 4.78 is 35.6. The average molecular weight is 270 g/mol. The van der Waals surface area contributed by atoms with Gasteiger partial charge in [0.15, 0.2) is 0 Å². The van der Waals surface area contributed by atoms with Crippen LogP contribution in [0.3, 0.4) is 0 Å². The summed E-state index contributed by atoms with van der Waals surface area (Å²) in [6.45, 7) is 4.28. The van der Waals surface area contributed by atoms with Gasteiger partial charge in [0.1, 0.15) is 0 Å². The zero-order valence-corrected chi connectivity index (χ0v) is 10.5. The van der Waals surface area contributed by atoms with Crippen LogP contribution in [0.1, 0.15) is 19.8 Å². The van der Waals surface area contributed by atoms with Crippen LogP contribution in [0.4, 0.5) is 13.2 Å². The molecule has 1 aliphatic rings. The Morgan fingerprint density at radius 1 is 1.41 bits per heavy atom. The third-order valence-electron chi connectivity index (χ3n) is 2.89. The molecule has 7 heteroatoms. The highest BCUT2D eigenvalue weighted by molar-refractivity contribution is 8.00. The molecular formula is C10H17F3N2OS. The molecule has 1 heterocycles. The first-order valence-corrected chi connectivity index (χ1v) is 6.47. The van der Waals surface area contributed by atoms with Gasteiger partial charge in [0.05, 0.1) is 5.75 Å². The minimum Gasteiger partial charge on any atom is -0.355 e. The van der Waals surface area contributed by atoms with Crippen molar-refractivity contribution < 1.29 is 18.0 Å². The monoisotopic (exact) mass is 270 g/mol. The summed E-state index contributed by atoms with van der Waals surface area (Å²) in [6, 6.07) is 0. The molecule has 1 amide bonds. The molecule has 100 valence electrons. The second-order valence-electron chi connectivity index (χ2n) is 4.57. The number of alkyl halides is 3. The van der Waals surface area contributed by atoms with E-state index in [9.17, 15) is 18.0 Å². The average Bonchev–Trinajstić information content (AvgIpc) is 2.24. The second-order valence-corrected chi connectivity index (χ2v) is 5.61. The van der Waals surface area contributed by atoms with E-state index >= 15 is 0 Å². The molecule has 17 heavy (non-hydrogen) atoms. The van der Waals surface area contributed by atoms with Crippen molar-refractivity contribution >= 4 is 17.7 Å². The van der Waals surface area contributed by atoms with Crippen LogP contribution in [0.2, 0.25) is 0 Å². The number of rotatable bonds is 4.